The van der Waals surface area contributed by atoms with Crippen LogP contribution >= 0.6 is 11.8 Å². The number of carbonyl (C=O) groups is 2. The molecule has 1 atom stereocenters. The zero-order chi connectivity index (χ0) is 14.6. The Morgan fingerprint density at radius 2 is 2.05 bits per heavy atom. The highest BCUT2D eigenvalue weighted by molar-refractivity contribution is 8.00. The van der Waals surface area contributed by atoms with E-state index < -0.39 is 12.0 Å². The molecule has 0 bridgehead atoms. The van der Waals surface area contributed by atoms with Crippen molar-refractivity contribution in [3.05, 3.63) is 0 Å². The fourth-order valence-electron chi connectivity index (χ4n) is 2.12. The third-order valence-corrected chi connectivity index (χ3v) is 4.31. The van der Waals surface area contributed by atoms with Gasteiger partial charge in [-0.05, 0) is 26.2 Å². The maximum atomic E-state index is 12.1. The van der Waals surface area contributed by atoms with Crippen molar-refractivity contribution in [2.24, 2.45) is 5.92 Å². The minimum Gasteiger partial charge on any atom is -0.480 e. The third-order valence-electron chi connectivity index (χ3n) is 3.02. The first kappa shape index (κ1) is 16.1. The van der Waals surface area contributed by atoms with E-state index in [2.05, 4.69) is 19.2 Å². The normalized spacial score (nSPS) is 20.2. The van der Waals surface area contributed by atoms with Crippen LogP contribution in [0, 0.1) is 5.92 Å². The van der Waals surface area contributed by atoms with E-state index in [1.807, 2.05) is 25.6 Å². The van der Waals surface area contributed by atoms with E-state index in [1.165, 1.54) is 0 Å². The number of amides is 2. The molecule has 2 N–H and O–H groups in total. The van der Waals surface area contributed by atoms with Gasteiger partial charge in [0, 0.05) is 23.6 Å². The number of urea groups is 1. The van der Waals surface area contributed by atoms with Crippen molar-refractivity contribution in [2.45, 2.75) is 44.9 Å². The van der Waals surface area contributed by atoms with E-state index in [9.17, 15) is 9.59 Å². The summed E-state index contributed by atoms with van der Waals surface area (Å²) in [5, 5.41) is 11.8. The van der Waals surface area contributed by atoms with Crippen LogP contribution in [0.3, 0.4) is 0 Å². The zero-order valence-electron chi connectivity index (χ0n) is 12.1. The quantitative estimate of drug-likeness (QED) is 0.830. The lowest BCUT2D eigenvalue weighted by Gasteiger charge is -2.38. The molecule has 6 heteroatoms. The van der Waals surface area contributed by atoms with Crippen LogP contribution in [-0.2, 0) is 4.79 Å². The van der Waals surface area contributed by atoms with Gasteiger partial charge in [-0.2, -0.15) is 11.8 Å². The molecular formula is C13H24N2O3S. The number of carboxylic acids is 1. The Bertz CT molecular complexity index is 345. The van der Waals surface area contributed by atoms with Crippen molar-refractivity contribution in [3.8, 4) is 0 Å². The predicted octanol–water partition coefficient (Wildman–Crippen LogP) is 2.02. The van der Waals surface area contributed by atoms with Gasteiger partial charge in [0.1, 0.15) is 6.04 Å². The molecule has 1 fully saturated rings. The van der Waals surface area contributed by atoms with Crippen molar-refractivity contribution in [2.75, 3.05) is 18.8 Å². The molecule has 2 amide bonds. The molecule has 0 saturated carbocycles. The van der Waals surface area contributed by atoms with Gasteiger partial charge >= 0.3 is 12.0 Å². The van der Waals surface area contributed by atoms with Crippen LogP contribution in [0.5, 0.6) is 0 Å². The number of nitrogens with zero attached hydrogens (tertiary/aromatic N) is 1. The Hall–Kier alpha value is -0.910. The second-order valence-electron chi connectivity index (χ2n) is 6.00. The van der Waals surface area contributed by atoms with Gasteiger partial charge in [-0.25, -0.2) is 9.59 Å². The summed E-state index contributed by atoms with van der Waals surface area (Å²) in [4.78, 5) is 25.0. The van der Waals surface area contributed by atoms with E-state index >= 15 is 0 Å². The number of thioether (sulfide) groups is 1. The Morgan fingerprint density at radius 1 is 1.42 bits per heavy atom. The Morgan fingerprint density at radius 3 is 2.53 bits per heavy atom. The molecule has 19 heavy (non-hydrogen) atoms. The monoisotopic (exact) mass is 288 g/mol. The second-order valence-corrected chi connectivity index (χ2v) is 7.80. The van der Waals surface area contributed by atoms with Gasteiger partial charge in [-0.15, -0.1) is 0 Å². The summed E-state index contributed by atoms with van der Waals surface area (Å²) in [6, 6.07) is -1.06. The molecule has 0 aromatic heterocycles. The van der Waals surface area contributed by atoms with Crippen molar-refractivity contribution in [3.63, 3.8) is 0 Å². The summed E-state index contributed by atoms with van der Waals surface area (Å²) in [6.07, 6.45) is 0.451. The number of nitrogens with one attached hydrogen (secondary N) is 1. The maximum absolute atomic E-state index is 12.1. The van der Waals surface area contributed by atoms with Gasteiger partial charge in [0.2, 0.25) is 0 Å². The van der Waals surface area contributed by atoms with Crippen LogP contribution in [-0.4, -0.2) is 51.6 Å². The number of carboxylic acid groups (broad SMARTS) is 1. The molecule has 1 aliphatic heterocycles. The lowest BCUT2D eigenvalue weighted by Crippen LogP contribution is -2.53. The van der Waals surface area contributed by atoms with Gasteiger partial charge in [0.25, 0.3) is 0 Å². The molecule has 0 aromatic carbocycles. The lowest BCUT2D eigenvalue weighted by atomic mass is 10.0. The van der Waals surface area contributed by atoms with E-state index in [0.29, 0.717) is 19.5 Å². The second kappa shape index (κ2) is 6.50. The predicted molar refractivity (Wildman–Crippen MR) is 77.5 cm³/mol. The molecule has 0 aromatic rings. The Kier molecular flexibility index (Phi) is 5.52. The highest BCUT2D eigenvalue weighted by atomic mass is 32.2. The molecule has 1 unspecified atom stereocenters. The van der Waals surface area contributed by atoms with Gasteiger partial charge in [-0.1, -0.05) is 13.8 Å². The van der Waals surface area contributed by atoms with E-state index in [4.69, 9.17) is 5.11 Å². The first-order chi connectivity index (χ1) is 8.71. The van der Waals surface area contributed by atoms with Crippen LogP contribution in [0.2, 0.25) is 0 Å². The maximum Gasteiger partial charge on any atom is 0.326 e. The third kappa shape index (κ3) is 5.30. The largest absolute Gasteiger partial charge is 0.480 e. The molecular weight excluding hydrogens is 264 g/mol. The van der Waals surface area contributed by atoms with Crippen LogP contribution in [0.15, 0.2) is 0 Å². The summed E-state index contributed by atoms with van der Waals surface area (Å²) in [6.45, 7) is 9.41. The first-order valence-corrected chi connectivity index (χ1v) is 7.62. The van der Waals surface area contributed by atoms with Crippen molar-refractivity contribution < 1.29 is 14.7 Å². The number of hydrogen-bond acceptors (Lipinski definition) is 3. The van der Waals surface area contributed by atoms with Crippen molar-refractivity contribution in [1.82, 2.24) is 10.2 Å². The smallest absolute Gasteiger partial charge is 0.326 e. The van der Waals surface area contributed by atoms with E-state index in [-0.39, 0.29) is 16.7 Å². The SMILES string of the molecule is CC(C)CC(NC(=O)N1CCSC(C)(C)C1)C(=O)O. The zero-order valence-corrected chi connectivity index (χ0v) is 12.9. The van der Waals surface area contributed by atoms with Crippen LogP contribution < -0.4 is 5.32 Å². The molecule has 1 rings (SSSR count). The Labute approximate surface area is 119 Å². The summed E-state index contributed by atoms with van der Waals surface area (Å²) < 4.78 is 0.0341. The standard InChI is InChI=1S/C13H24N2O3S/c1-9(2)7-10(11(16)17)14-12(18)15-5-6-19-13(3,4)8-15/h9-10H,5-8H2,1-4H3,(H,14,18)(H,16,17). The minimum atomic E-state index is -0.965. The van der Waals surface area contributed by atoms with Gasteiger partial charge in [0.15, 0.2) is 0 Å². The summed E-state index contributed by atoms with van der Waals surface area (Å²) in [5.74, 6) is 0.157. The van der Waals surface area contributed by atoms with Gasteiger partial charge in [0.05, 0.1) is 0 Å². The molecule has 0 aliphatic carbocycles. The van der Waals surface area contributed by atoms with E-state index in [1.54, 1.807) is 4.90 Å². The van der Waals surface area contributed by atoms with Crippen molar-refractivity contribution >= 4 is 23.8 Å². The average Bonchev–Trinajstić information content (AvgIpc) is 2.25. The number of hydrogen-bond donors (Lipinski definition) is 2. The lowest BCUT2D eigenvalue weighted by molar-refractivity contribution is -0.139. The molecule has 0 spiro atoms. The first-order valence-electron chi connectivity index (χ1n) is 6.63. The number of rotatable bonds is 4. The highest BCUT2D eigenvalue weighted by Crippen LogP contribution is 2.29. The fourth-order valence-corrected chi connectivity index (χ4v) is 3.23. The summed E-state index contributed by atoms with van der Waals surface area (Å²) >= 11 is 1.84. The topological polar surface area (TPSA) is 69.6 Å². The highest BCUT2D eigenvalue weighted by Gasteiger charge is 2.31. The van der Waals surface area contributed by atoms with Crippen LogP contribution in [0.25, 0.3) is 0 Å². The van der Waals surface area contributed by atoms with Crippen LogP contribution in [0.4, 0.5) is 4.79 Å². The molecule has 0 radical (unpaired) electrons. The van der Waals surface area contributed by atoms with Crippen molar-refractivity contribution in [1.29, 1.82) is 0 Å². The average molecular weight is 288 g/mol. The van der Waals surface area contributed by atoms with Crippen LogP contribution in [0.1, 0.15) is 34.1 Å². The van der Waals surface area contributed by atoms with E-state index in [0.717, 1.165) is 5.75 Å². The summed E-state index contributed by atoms with van der Waals surface area (Å²) in [7, 11) is 0. The fraction of sp³-hybridized carbons (Fsp3) is 0.846. The molecule has 5 nitrogen and oxygen atoms in total. The Balaban J connectivity index is 2.59. The molecule has 1 heterocycles. The molecule has 1 aliphatic rings. The minimum absolute atomic E-state index is 0.0341. The molecule has 110 valence electrons. The number of carbonyl (C=O) groups excluding carboxylic acids is 1. The van der Waals surface area contributed by atoms with Gasteiger partial charge < -0.3 is 15.3 Å². The number of aliphatic carboxylic acids is 1. The van der Waals surface area contributed by atoms with Gasteiger partial charge in [-0.3, -0.25) is 0 Å². The molecule has 1 saturated heterocycles. The summed E-state index contributed by atoms with van der Waals surface area (Å²) in [5.41, 5.74) is 0.